The standard InChI is InChI=1S/C15H27N3O2S/c1-11(2)18-10-14(8-13(18)9-16)21(19,20)17-15-7-5-4-6-12(15)3/h8,10-12,15,17H,4-7,9,16H2,1-3H3. The number of nitrogens with two attached hydrogens (primary N) is 1. The number of hydrogen-bond acceptors (Lipinski definition) is 3. The van der Waals surface area contributed by atoms with Crippen molar-refractivity contribution in [3.8, 4) is 0 Å². The Hall–Kier alpha value is -0.850. The highest BCUT2D eigenvalue weighted by Gasteiger charge is 2.27. The van der Waals surface area contributed by atoms with Gasteiger partial charge >= 0.3 is 0 Å². The van der Waals surface area contributed by atoms with Crippen molar-refractivity contribution < 1.29 is 8.42 Å². The largest absolute Gasteiger partial charge is 0.346 e. The molecule has 6 heteroatoms. The maximum Gasteiger partial charge on any atom is 0.242 e. The summed E-state index contributed by atoms with van der Waals surface area (Å²) in [6.45, 7) is 6.50. The maximum absolute atomic E-state index is 12.6. The van der Waals surface area contributed by atoms with E-state index in [4.69, 9.17) is 5.73 Å². The van der Waals surface area contributed by atoms with E-state index in [1.165, 1.54) is 6.42 Å². The van der Waals surface area contributed by atoms with Crippen LogP contribution < -0.4 is 10.5 Å². The van der Waals surface area contributed by atoms with E-state index in [0.717, 1.165) is 25.0 Å². The minimum absolute atomic E-state index is 0.0486. The van der Waals surface area contributed by atoms with Gasteiger partial charge in [0.05, 0.1) is 4.90 Å². The van der Waals surface area contributed by atoms with Crippen LogP contribution in [0.15, 0.2) is 17.2 Å². The summed E-state index contributed by atoms with van der Waals surface area (Å²) in [5, 5.41) is 0. The van der Waals surface area contributed by atoms with E-state index >= 15 is 0 Å². The van der Waals surface area contributed by atoms with Crippen molar-refractivity contribution in [2.24, 2.45) is 11.7 Å². The molecule has 0 radical (unpaired) electrons. The molecule has 1 aliphatic rings. The number of nitrogens with one attached hydrogen (secondary N) is 1. The molecule has 2 rings (SSSR count). The number of aromatic nitrogens is 1. The predicted octanol–water partition coefficient (Wildman–Crippen LogP) is 2.38. The third kappa shape index (κ3) is 3.67. The third-order valence-electron chi connectivity index (χ3n) is 4.40. The Kier molecular flexibility index (Phi) is 5.11. The topological polar surface area (TPSA) is 77.1 Å². The Morgan fingerprint density at radius 2 is 2.05 bits per heavy atom. The molecule has 1 saturated carbocycles. The third-order valence-corrected chi connectivity index (χ3v) is 5.86. The van der Waals surface area contributed by atoms with Crippen LogP contribution in [-0.2, 0) is 16.6 Å². The SMILES string of the molecule is CC1CCCCC1NS(=O)(=O)c1cc(CN)n(C(C)C)c1. The molecule has 2 unspecified atom stereocenters. The van der Waals surface area contributed by atoms with Gasteiger partial charge in [-0.15, -0.1) is 0 Å². The summed E-state index contributed by atoms with van der Waals surface area (Å²) in [6.07, 6.45) is 6.00. The molecule has 1 heterocycles. The molecule has 3 N–H and O–H groups in total. The number of sulfonamides is 1. The molecule has 0 saturated heterocycles. The quantitative estimate of drug-likeness (QED) is 0.876. The Balaban J connectivity index is 2.23. The second-order valence-corrected chi connectivity index (χ2v) is 8.08. The minimum Gasteiger partial charge on any atom is -0.346 e. The monoisotopic (exact) mass is 313 g/mol. The fourth-order valence-electron chi connectivity index (χ4n) is 3.05. The second kappa shape index (κ2) is 6.50. The van der Waals surface area contributed by atoms with Crippen LogP contribution in [0.25, 0.3) is 0 Å². The summed E-state index contributed by atoms with van der Waals surface area (Å²) < 4.78 is 30.0. The van der Waals surface area contributed by atoms with Crippen LogP contribution in [0.2, 0.25) is 0 Å². The summed E-state index contributed by atoms with van der Waals surface area (Å²) in [7, 11) is -3.46. The van der Waals surface area contributed by atoms with Gasteiger partial charge in [-0.05, 0) is 38.7 Å². The average Bonchev–Trinajstić information content (AvgIpc) is 2.86. The van der Waals surface area contributed by atoms with Gasteiger partial charge < -0.3 is 10.3 Å². The van der Waals surface area contributed by atoms with Gasteiger partial charge in [-0.3, -0.25) is 0 Å². The van der Waals surface area contributed by atoms with Gasteiger partial charge in [0.15, 0.2) is 0 Å². The molecule has 0 spiro atoms. The molecule has 1 aromatic heterocycles. The van der Waals surface area contributed by atoms with E-state index in [-0.39, 0.29) is 12.1 Å². The van der Waals surface area contributed by atoms with Crippen LogP contribution in [0.1, 0.15) is 58.2 Å². The van der Waals surface area contributed by atoms with Crippen molar-refractivity contribution in [2.75, 3.05) is 0 Å². The molecular weight excluding hydrogens is 286 g/mol. The van der Waals surface area contributed by atoms with E-state index in [2.05, 4.69) is 11.6 Å². The highest BCUT2D eigenvalue weighted by Crippen LogP contribution is 2.26. The Morgan fingerprint density at radius 3 is 2.57 bits per heavy atom. The molecule has 1 aromatic rings. The van der Waals surface area contributed by atoms with Gasteiger partial charge in [0, 0.05) is 30.5 Å². The van der Waals surface area contributed by atoms with Crippen LogP contribution in [-0.4, -0.2) is 19.0 Å². The molecule has 120 valence electrons. The highest BCUT2D eigenvalue weighted by atomic mass is 32.2. The zero-order valence-corrected chi connectivity index (χ0v) is 14.0. The minimum atomic E-state index is -3.46. The zero-order chi connectivity index (χ0) is 15.6. The summed E-state index contributed by atoms with van der Waals surface area (Å²) in [5.41, 5.74) is 6.56. The molecule has 0 aromatic carbocycles. The van der Waals surface area contributed by atoms with Crippen LogP contribution in [0, 0.1) is 5.92 Å². The maximum atomic E-state index is 12.6. The van der Waals surface area contributed by atoms with Crippen LogP contribution in [0.4, 0.5) is 0 Å². The first-order chi connectivity index (χ1) is 9.85. The lowest BCUT2D eigenvalue weighted by atomic mass is 9.87. The molecule has 0 aliphatic heterocycles. The van der Waals surface area contributed by atoms with Crippen molar-refractivity contribution in [3.63, 3.8) is 0 Å². The van der Waals surface area contributed by atoms with Crippen LogP contribution in [0.5, 0.6) is 0 Å². The Bertz CT molecular complexity index is 578. The lowest BCUT2D eigenvalue weighted by Gasteiger charge is -2.29. The fourth-order valence-corrected chi connectivity index (χ4v) is 4.48. The van der Waals surface area contributed by atoms with E-state index in [1.54, 1.807) is 12.3 Å². The smallest absolute Gasteiger partial charge is 0.242 e. The summed E-state index contributed by atoms with van der Waals surface area (Å²) in [5.74, 6) is 0.398. The highest BCUT2D eigenvalue weighted by molar-refractivity contribution is 7.89. The van der Waals surface area contributed by atoms with Gasteiger partial charge in [0.25, 0.3) is 0 Å². The zero-order valence-electron chi connectivity index (χ0n) is 13.2. The van der Waals surface area contributed by atoms with Crippen LogP contribution in [0.3, 0.4) is 0 Å². The number of hydrogen-bond donors (Lipinski definition) is 2. The molecule has 1 fully saturated rings. The first-order valence-corrected chi connectivity index (χ1v) is 9.26. The van der Waals surface area contributed by atoms with Crippen molar-refractivity contribution in [2.45, 2.75) is 70.0 Å². The molecule has 2 atom stereocenters. The summed E-state index contributed by atoms with van der Waals surface area (Å²) in [4.78, 5) is 0.328. The molecule has 1 aliphatic carbocycles. The molecular formula is C15H27N3O2S. The Labute approximate surface area is 128 Å². The lowest BCUT2D eigenvalue weighted by molar-refractivity contribution is 0.310. The fraction of sp³-hybridized carbons (Fsp3) is 0.733. The van der Waals surface area contributed by atoms with E-state index in [9.17, 15) is 8.42 Å². The number of nitrogens with zero attached hydrogens (tertiary/aromatic N) is 1. The van der Waals surface area contributed by atoms with Gasteiger partial charge in [-0.25, -0.2) is 13.1 Å². The van der Waals surface area contributed by atoms with Gasteiger partial charge in [-0.2, -0.15) is 0 Å². The predicted molar refractivity (Wildman–Crippen MR) is 84.4 cm³/mol. The second-order valence-electron chi connectivity index (χ2n) is 6.36. The summed E-state index contributed by atoms with van der Waals surface area (Å²) >= 11 is 0. The lowest BCUT2D eigenvalue weighted by Crippen LogP contribution is -2.40. The van der Waals surface area contributed by atoms with E-state index in [0.29, 0.717) is 17.4 Å². The summed E-state index contributed by atoms with van der Waals surface area (Å²) in [6, 6.07) is 1.93. The van der Waals surface area contributed by atoms with E-state index in [1.807, 2.05) is 18.4 Å². The van der Waals surface area contributed by atoms with Crippen molar-refractivity contribution in [3.05, 3.63) is 18.0 Å². The molecule has 21 heavy (non-hydrogen) atoms. The van der Waals surface area contributed by atoms with Crippen molar-refractivity contribution in [1.82, 2.24) is 9.29 Å². The normalized spacial score (nSPS) is 23.7. The van der Waals surface area contributed by atoms with E-state index < -0.39 is 10.0 Å². The van der Waals surface area contributed by atoms with Crippen molar-refractivity contribution >= 4 is 10.0 Å². The molecule has 0 bridgehead atoms. The Morgan fingerprint density at radius 1 is 1.38 bits per heavy atom. The van der Waals surface area contributed by atoms with Crippen molar-refractivity contribution in [1.29, 1.82) is 0 Å². The molecule has 5 nitrogen and oxygen atoms in total. The van der Waals surface area contributed by atoms with Gasteiger partial charge in [0.2, 0.25) is 10.0 Å². The molecule has 0 amide bonds. The first kappa shape index (κ1) is 16.5. The average molecular weight is 313 g/mol. The number of rotatable bonds is 5. The van der Waals surface area contributed by atoms with Gasteiger partial charge in [0.1, 0.15) is 0 Å². The van der Waals surface area contributed by atoms with Gasteiger partial charge in [-0.1, -0.05) is 19.8 Å². The first-order valence-electron chi connectivity index (χ1n) is 7.78. The van der Waals surface area contributed by atoms with Crippen LogP contribution >= 0.6 is 0 Å².